The van der Waals surface area contributed by atoms with E-state index in [0.717, 1.165) is 57.7 Å². The number of hydrogen-bond acceptors (Lipinski definition) is 4. The molecule has 2 fully saturated rings. The maximum atomic E-state index is 13.6. The first-order valence-electron chi connectivity index (χ1n) is 10.8. The van der Waals surface area contributed by atoms with Gasteiger partial charge in [-0.25, -0.2) is 4.39 Å². The van der Waals surface area contributed by atoms with Crippen LogP contribution in [-0.4, -0.2) is 78.9 Å². The van der Waals surface area contributed by atoms with Gasteiger partial charge in [0.15, 0.2) is 0 Å². The van der Waals surface area contributed by atoms with Crippen LogP contribution in [0.15, 0.2) is 18.2 Å². The SMILES string of the molecule is Cc1ccc(CNC(=O)CN2CCN(CC(=O)N3CCCCCC3)CC2)cc1F. The second-order valence-corrected chi connectivity index (χ2v) is 8.21. The van der Waals surface area contributed by atoms with Gasteiger partial charge in [0.25, 0.3) is 0 Å². The topological polar surface area (TPSA) is 55.9 Å². The Hall–Kier alpha value is -1.99. The van der Waals surface area contributed by atoms with Gasteiger partial charge in [-0.15, -0.1) is 0 Å². The van der Waals surface area contributed by atoms with Gasteiger partial charge in [-0.1, -0.05) is 25.0 Å². The van der Waals surface area contributed by atoms with Crippen LogP contribution in [0.1, 0.15) is 36.8 Å². The fourth-order valence-corrected chi connectivity index (χ4v) is 3.92. The molecule has 1 aromatic carbocycles. The van der Waals surface area contributed by atoms with Gasteiger partial charge in [0.05, 0.1) is 13.1 Å². The number of likely N-dealkylation sites (tertiary alicyclic amines) is 1. The molecule has 2 amide bonds. The largest absolute Gasteiger partial charge is 0.351 e. The smallest absolute Gasteiger partial charge is 0.236 e. The summed E-state index contributed by atoms with van der Waals surface area (Å²) in [5.74, 6) is -0.0638. The van der Waals surface area contributed by atoms with E-state index < -0.39 is 0 Å². The second-order valence-electron chi connectivity index (χ2n) is 8.21. The molecule has 0 atom stereocenters. The van der Waals surface area contributed by atoms with Gasteiger partial charge in [-0.2, -0.15) is 0 Å². The minimum absolute atomic E-state index is 0.0555. The summed E-state index contributed by atoms with van der Waals surface area (Å²) in [6, 6.07) is 5.03. The minimum atomic E-state index is -0.248. The molecule has 0 unspecified atom stereocenters. The van der Waals surface area contributed by atoms with Crippen molar-refractivity contribution in [3.05, 3.63) is 35.1 Å². The number of benzene rings is 1. The third-order valence-corrected chi connectivity index (χ3v) is 5.88. The molecule has 0 aromatic heterocycles. The van der Waals surface area contributed by atoms with Crippen LogP contribution in [0.4, 0.5) is 4.39 Å². The molecule has 160 valence electrons. The van der Waals surface area contributed by atoms with Crippen LogP contribution >= 0.6 is 0 Å². The van der Waals surface area contributed by atoms with Crippen LogP contribution in [0.5, 0.6) is 0 Å². The molecule has 29 heavy (non-hydrogen) atoms. The maximum Gasteiger partial charge on any atom is 0.236 e. The molecule has 0 bridgehead atoms. The Kier molecular flexibility index (Phi) is 8.00. The van der Waals surface area contributed by atoms with Crippen molar-refractivity contribution in [2.75, 3.05) is 52.4 Å². The number of carbonyl (C=O) groups excluding carboxylic acids is 2. The lowest BCUT2D eigenvalue weighted by Crippen LogP contribution is -2.52. The highest BCUT2D eigenvalue weighted by atomic mass is 19.1. The molecule has 1 aromatic rings. The van der Waals surface area contributed by atoms with Gasteiger partial charge < -0.3 is 10.2 Å². The van der Waals surface area contributed by atoms with Crippen molar-refractivity contribution in [1.29, 1.82) is 0 Å². The predicted octanol–water partition coefficient (Wildman–Crippen LogP) is 1.77. The lowest BCUT2D eigenvalue weighted by atomic mass is 10.1. The average molecular weight is 405 g/mol. The van der Waals surface area contributed by atoms with Crippen LogP contribution in [0.25, 0.3) is 0 Å². The molecule has 2 aliphatic heterocycles. The van der Waals surface area contributed by atoms with Crippen molar-refractivity contribution in [3.63, 3.8) is 0 Å². The summed E-state index contributed by atoms with van der Waals surface area (Å²) < 4.78 is 13.6. The summed E-state index contributed by atoms with van der Waals surface area (Å²) in [5.41, 5.74) is 1.37. The lowest BCUT2D eigenvalue weighted by molar-refractivity contribution is -0.133. The van der Waals surface area contributed by atoms with E-state index >= 15 is 0 Å². The molecule has 2 aliphatic rings. The van der Waals surface area contributed by atoms with Crippen molar-refractivity contribution >= 4 is 11.8 Å². The zero-order chi connectivity index (χ0) is 20.6. The van der Waals surface area contributed by atoms with Gasteiger partial charge in [-0.05, 0) is 37.0 Å². The molecular formula is C22H33FN4O2. The molecule has 0 spiro atoms. The Balaban J connectivity index is 1.35. The number of carbonyl (C=O) groups is 2. The maximum absolute atomic E-state index is 13.6. The van der Waals surface area contributed by atoms with Gasteiger partial charge >= 0.3 is 0 Å². The monoisotopic (exact) mass is 404 g/mol. The lowest BCUT2D eigenvalue weighted by Gasteiger charge is -2.35. The van der Waals surface area contributed by atoms with E-state index in [9.17, 15) is 14.0 Å². The molecule has 2 heterocycles. The standard InChI is InChI=1S/C22H33FN4O2/c1-18-6-7-19(14-20(18)23)15-24-21(28)16-25-10-12-26(13-11-25)17-22(29)27-8-4-2-3-5-9-27/h6-7,14H,2-5,8-13,15-17H2,1H3,(H,24,28). The van der Waals surface area contributed by atoms with Crippen molar-refractivity contribution < 1.29 is 14.0 Å². The average Bonchev–Trinajstić information content (AvgIpc) is 3.00. The van der Waals surface area contributed by atoms with Crippen LogP contribution in [0.2, 0.25) is 0 Å². The molecule has 0 saturated carbocycles. The van der Waals surface area contributed by atoms with E-state index in [1.807, 2.05) is 11.0 Å². The summed E-state index contributed by atoms with van der Waals surface area (Å²) in [6.07, 6.45) is 4.68. The van der Waals surface area contributed by atoms with Gasteiger partial charge in [0.1, 0.15) is 5.82 Å². The molecule has 0 radical (unpaired) electrons. The number of hydrogen-bond donors (Lipinski definition) is 1. The number of nitrogens with zero attached hydrogens (tertiary/aromatic N) is 3. The highest BCUT2D eigenvalue weighted by Gasteiger charge is 2.23. The predicted molar refractivity (Wildman–Crippen MR) is 111 cm³/mol. The highest BCUT2D eigenvalue weighted by Crippen LogP contribution is 2.11. The van der Waals surface area contributed by atoms with Crippen LogP contribution in [0.3, 0.4) is 0 Å². The summed E-state index contributed by atoms with van der Waals surface area (Å²) in [6.45, 7) is 7.82. The van der Waals surface area contributed by atoms with E-state index in [-0.39, 0.29) is 17.6 Å². The van der Waals surface area contributed by atoms with E-state index in [1.54, 1.807) is 13.0 Å². The molecule has 2 saturated heterocycles. The van der Waals surface area contributed by atoms with Crippen LogP contribution in [0, 0.1) is 12.7 Å². The molecule has 0 aliphatic carbocycles. The normalized spacial score (nSPS) is 19.0. The number of halogens is 1. The zero-order valence-electron chi connectivity index (χ0n) is 17.5. The van der Waals surface area contributed by atoms with Crippen molar-refractivity contribution in [2.24, 2.45) is 0 Å². The Morgan fingerprint density at radius 3 is 2.17 bits per heavy atom. The van der Waals surface area contributed by atoms with Crippen LogP contribution < -0.4 is 5.32 Å². The quantitative estimate of drug-likeness (QED) is 0.785. The minimum Gasteiger partial charge on any atom is -0.351 e. The van der Waals surface area contributed by atoms with E-state index in [0.29, 0.717) is 25.2 Å². The number of piperazine rings is 1. The molecule has 3 rings (SSSR count). The van der Waals surface area contributed by atoms with E-state index in [2.05, 4.69) is 15.1 Å². The fraction of sp³-hybridized carbons (Fsp3) is 0.636. The second kappa shape index (κ2) is 10.7. The van der Waals surface area contributed by atoms with E-state index in [1.165, 1.54) is 18.9 Å². The van der Waals surface area contributed by atoms with Crippen molar-refractivity contribution in [2.45, 2.75) is 39.2 Å². The van der Waals surface area contributed by atoms with Gasteiger partial charge in [0, 0.05) is 45.8 Å². The summed E-state index contributed by atoms with van der Waals surface area (Å²) >= 11 is 0. The Morgan fingerprint density at radius 2 is 1.55 bits per heavy atom. The highest BCUT2D eigenvalue weighted by molar-refractivity contribution is 5.78. The molecule has 6 nitrogen and oxygen atoms in total. The third-order valence-electron chi connectivity index (χ3n) is 5.88. The van der Waals surface area contributed by atoms with E-state index in [4.69, 9.17) is 0 Å². The zero-order valence-corrected chi connectivity index (χ0v) is 17.5. The first kappa shape index (κ1) is 21.7. The molecule has 7 heteroatoms. The first-order valence-corrected chi connectivity index (χ1v) is 10.8. The molecular weight excluding hydrogens is 371 g/mol. The first-order chi connectivity index (χ1) is 14.0. The van der Waals surface area contributed by atoms with Crippen LogP contribution in [-0.2, 0) is 16.1 Å². The summed E-state index contributed by atoms with van der Waals surface area (Å²) in [5, 5.41) is 2.86. The number of rotatable bonds is 6. The summed E-state index contributed by atoms with van der Waals surface area (Å²) in [7, 11) is 0. The Labute approximate surface area is 173 Å². The Morgan fingerprint density at radius 1 is 0.931 bits per heavy atom. The van der Waals surface area contributed by atoms with Gasteiger partial charge in [0.2, 0.25) is 11.8 Å². The van der Waals surface area contributed by atoms with Crippen molar-refractivity contribution in [3.8, 4) is 0 Å². The third kappa shape index (κ3) is 6.78. The Bertz CT molecular complexity index is 696. The number of nitrogens with one attached hydrogen (secondary N) is 1. The van der Waals surface area contributed by atoms with Gasteiger partial charge in [-0.3, -0.25) is 19.4 Å². The molecule has 1 N–H and O–H groups in total. The van der Waals surface area contributed by atoms with Crippen molar-refractivity contribution in [1.82, 2.24) is 20.0 Å². The summed E-state index contributed by atoms with van der Waals surface area (Å²) in [4.78, 5) is 31.1. The fourth-order valence-electron chi connectivity index (χ4n) is 3.92. The number of amides is 2. The number of aryl methyl sites for hydroxylation is 1.